The first-order valence-corrected chi connectivity index (χ1v) is 8.40. The Morgan fingerprint density at radius 1 is 1.00 bits per heavy atom. The van der Waals surface area contributed by atoms with Crippen molar-refractivity contribution >= 4 is 0 Å². The quantitative estimate of drug-likeness (QED) is 0.780. The Hall–Kier alpha value is -0.820. The maximum atomic E-state index is 3.76. The average Bonchev–Trinajstić information content (AvgIpc) is 2.44. The van der Waals surface area contributed by atoms with E-state index in [0.717, 1.165) is 11.8 Å². The summed E-state index contributed by atoms with van der Waals surface area (Å²) in [6, 6.07) is 7.36. The van der Waals surface area contributed by atoms with Gasteiger partial charge in [-0.1, -0.05) is 55.5 Å². The fourth-order valence-electron chi connectivity index (χ4n) is 3.57. The molecule has 0 bridgehead atoms. The predicted molar refractivity (Wildman–Crippen MR) is 88.1 cm³/mol. The van der Waals surface area contributed by atoms with E-state index in [2.05, 4.69) is 51.2 Å². The molecule has 1 aliphatic carbocycles. The molecule has 1 aromatic rings. The topological polar surface area (TPSA) is 12.0 Å². The zero-order valence-corrected chi connectivity index (χ0v) is 13.7. The lowest BCUT2D eigenvalue weighted by Gasteiger charge is -2.29. The summed E-state index contributed by atoms with van der Waals surface area (Å²) in [5, 5.41) is 3.76. The molecule has 0 amide bonds. The summed E-state index contributed by atoms with van der Waals surface area (Å²) in [7, 11) is 0. The fraction of sp³-hybridized carbons (Fsp3) is 0.684. The summed E-state index contributed by atoms with van der Waals surface area (Å²) >= 11 is 0. The second kappa shape index (κ2) is 7.26. The third kappa shape index (κ3) is 4.34. The maximum Gasteiger partial charge on any atom is 0.0292 e. The first kappa shape index (κ1) is 15.6. The molecule has 112 valence electrons. The number of nitrogens with one attached hydrogen (secondary N) is 1. The van der Waals surface area contributed by atoms with Crippen LogP contribution in [0.4, 0.5) is 0 Å². The highest BCUT2D eigenvalue weighted by atomic mass is 14.9. The predicted octanol–water partition coefficient (Wildman–Crippen LogP) is 5.17. The SMILES string of the molecule is CCC1CCC(CNC(C)c2cc(C)cc(C)c2)CC1. The average molecular weight is 273 g/mol. The number of aryl methyl sites for hydroxylation is 2. The van der Waals surface area contributed by atoms with E-state index in [4.69, 9.17) is 0 Å². The van der Waals surface area contributed by atoms with E-state index >= 15 is 0 Å². The first-order chi connectivity index (χ1) is 9.58. The lowest BCUT2D eigenvalue weighted by molar-refractivity contribution is 0.258. The van der Waals surface area contributed by atoms with Gasteiger partial charge in [-0.3, -0.25) is 0 Å². The van der Waals surface area contributed by atoms with Crippen LogP contribution in [0, 0.1) is 25.7 Å². The summed E-state index contributed by atoms with van der Waals surface area (Å²) in [6.07, 6.45) is 7.11. The van der Waals surface area contributed by atoms with Gasteiger partial charge in [0, 0.05) is 6.04 Å². The van der Waals surface area contributed by atoms with Gasteiger partial charge in [0.2, 0.25) is 0 Å². The molecular weight excluding hydrogens is 242 g/mol. The molecule has 0 aromatic heterocycles. The van der Waals surface area contributed by atoms with Gasteiger partial charge in [-0.05, 0) is 57.6 Å². The van der Waals surface area contributed by atoms with Gasteiger partial charge in [-0.2, -0.15) is 0 Å². The van der Waals surface area contributed by atoms with Crippen molar-refractivity contribution in [2.45, 2.75) is 65.8 Å². The molecule has 0 radical (unpaired) electrons. The van der Waals surface area contributed by atoms with Crippen molar-refractivity contribution in [1.82, 2.24) is 5.32 Å². The van der Waals surface area contributed by atoms with Gasteiger partial charge in [-0.25, -0.2) is 0 Å². The van der Waals surface area contributed by atoms with Gasteiger partial charge in [0.1, 0.15) is 0 Å². The molecule has 1 N–H and O–H groups in total. The lowest BCUT2D eigenvalue weighted by Crippen LogP contribution is -2.28. The van der Waals surface area contributed by atoms with E-state index in [9.17, 15) is 0 Å². The van der Waals surface area contributed by atoms with Crippen molar-refractivity contribution in [3.8, 4) is 0 Å². The van der Waals surface area contributed by atoms with Crippen LogP contribution in [-0.4, -0.2) is 6.54 Å². The molecule has 0 aliphatic heterocycles. The standard InChI is InChI=1S/C19H31N/c1-5-17-6-8-18(9-7-17)13-20-16(4)19-11-14(2)10-15(3)12-19/h10-12,16-18,20H,5-9,13H2,1-4H3. The van der Waals surface area contributed by atoms with Crippen molar-refractivity contribution in [3.05, 3.63) is 34.9 Å². The monoisotopic (exact) mass is 273 g/mol. The zero-order chi connectivity index (χ0) is 14.5. The van der Waals surface area contributed by atoms with Crippen molar-refractivity contribution in [2.75, 3.05) is 6.54 Å². The van der Waals surface area contributed by atoms with E-state index in [0.29, 0.717) is 6.04 Å². The third-order valence-corrected chi connectivity index (χ3v) is 5.00. The van der Waals surface area contributed by atoms with Gasteiger partial charge in [0.05, 0.1) is 0 Å². The summed E-state index contributed by atoms with van der Waals surface area (Å²) in [5.41, 5.74) is 4.18. The van der Waals surface area contributed by atoms with Gasteiger partial charge < -0.3 is 5.32 Å². The molecule has 1 unspecified atom stereocenters. The minimum absolute atomic E-state index is 0.470. The van der Waals surface area contributed by atoms with Crippen LogP contribution in [-0.2, 0) is 0 Å². The summed E-state index contributed by atoms with van der Waals surface area (Å²) < 4.78 is 0. The summed E-state index contributed by atoms with van der Waals surface area (Å²) in [4.78, 5) is 0. The highest BCUT2D eigenvalue weighted by molar-refractivity contribution is 5.30. The number of hydrogen-bond donors (Lipinski definition) is 1. The Bertz CT molecular complexity index is 396. The van der Waals surface area contributed by atoms with Crippen LogP contribution in [0.5, 0.6) is 0 Å². The second-order valence-electron chi connectivity index (χ2n) is 6.85. The molecule has 1 atom stereocenters. The molecule has 1 fully saturated rings. The largest absolute Gasteiger partial charge is 0.310 e. The van der Waals surface area contributed by atoms with Gasteiger partial charge >= 0.3 is 0 Å². The highest BCUT2D eigenvalue weighted by Gasteiger charge is 2.20. The molecule has 20 heavy (non-hydrogen) atoms. The molecule has 1 aliphatic rings. The second-order valence-corrected chi connectivity index (χ2v) is 6.85. The smallest absolute Gasteiger partial charge is 0.0292 e. The fourth-order valence-corrected chi connectivity index (χ4v) is 3.57. The molecular formula is C19H31N. The van der Waals surface area contributed by atoms with Crippen LogP contribution in [0.2, 0.25) is 0 Å². The Balaban J connectivity index is 1.81. The van der Waals surface area contributed by atoms with E-state index < -0.39 is 0 Å². The Morgan fingerprint density at radius 3 is 2.10 bits per heavy atom. The van der Waals surface area contributed by atoms with Crippen LogP contribution >= 0.6 is 0 Å². The minimum atomic E-state index is 0.470. The lowest BCUT2D eigenvalue weighted by atomic mass is 9.81. The maximum absolute atomic E-state index is 3.76. The molecule has 2 rings (SSSR count). The van der Waals surface area contributed by atoms with Gasteiger partial charge in [-0.15, -0.1) is 0 Å². The molecule has 1 heteroatoms. The number of rotatable bonds is 5. The van der Waals surface area contributed by atoms with Crippen molar-refractivity contribution in [2.24, 2.45) is 11.8 Å². The van der Waals surface area contributed by atoms with Crippen molar-refractivity contribution < 1.29 is 0 Å². The Morgan fingerprint density at radius 2 is 1.55 bits per heavy atom. The zero-order valence-electron chi connectivity index (χ0n) is 13.7. The van der Waals surface area contributed by atoms with Crippen LogP contribution in [0.1, 0.15) is 68.7 Å². The number of benzene rings is 1. The normalized spacial score (nSPS) is 24.6. The van der Waals surface area contributed by atoms with E-state index in [-0.39, 0.29) is 0 Å². The van der Waals surface area contributed by atoms with E-state index in [1.54, 1.807) is 0 Å². The Labute approximate surface area is 125 Å². The molecule has 0 saturated heterocycles. The third-order valence-electron chi connectivity index (χ3n) is 5.00. The molecule has 1 aromatic carbocycles. The van der Waals surface area contributed by atoms with Crippen LogP contribution in [0.25, 0.3) is 0 Å². The van der Waals surface area contributed by atoms with E-state index in [1.807, 2.05) is 0 Å². The molecule has 0 heterocycles. The Kier molecular flexibility index (Phi) is 5.65. The molecule has 1 nitrogen and oxygen atoms in total. The molecule has 1 saturated carbocycles. The minimum Gasteiger partial charge on any atom is -0.310 e. The summed E-state index contributed by atoms with van der Waals surface area (Å²) in [6.45, 7) is 10.2. The van der Waals surface area contributed by atoms with Crippen LogP contribution in [0.3, 0.4) is 0 Å². The van der Waals surface area contributed by atoms with Gasteiger partial charge in [0.15, 0.2) is 0 Å². The van der Waals surface area contributed by atoms with Crippen molar-refractivity contribution in [3.63, 3.8) is 0 Å². The van der Waals surface area contributed by atoms with Crippen LogP contribution < -0.4 is 5.32 Å². The number of hydrogen-bond acceptors (Lipinski definition) is 1. The van der Waals surface area contributed by atoms with E-state index in [1.165, 1.54) is 55.3 Å². The van der Waals surface area contributed by atoms with Gasteiger partial charge in [0.25, 0.3) is 0 Å². The van der Waals surface area contributed by atoms with Crippen LogP contribution in [0.15, 0.2) is 18.2 Å². The molecule has 0 spiro atoms. The highest BCUT2D eigenvalue weighted by Crippen LogP contribution is 2.30. The van der Waals surface area contributed by atoms with Crippen molar-refractivity contribution in [1.29, 1.82) is 0 Å². The summed E-state index contributed by atoms with van der Waals surface area (Å²) in [5.74, 6) is 1.90. The first-order valence-electron chi connectivity index (χ1n) is 8.40.